The molecule has 0 radical (unpaired) electrons. The average Bonchev–Trinajstić information content (AvgIpc) is 2.34. The Kier molecular flexibility index (Phi) is 6.73. The lowest BCUT2D eigenvalue weighted by atomic mass is 10.0. The van der Waals surface area contributed by atoms with Gasteiger partial charge >= 0.3 is 0 Å². The van der Waals surface area contributed by atoms with Gasteiger partial charge in [0, 0.05) is 12.2 Å². The summed E-state index contributed by atoms with van der Waals surface area (Å²) in [7, 11) is 0. The third-order valence-corrected chi connectivity index (χ3v) is 2.91. The van der Waals surface area contributed by atoms with Crippen molar-refractivity contribution in [2.45, 2.75) is 59.1 Å². The highest BCUT2D eigenvalue weighted by molar-refractivity contribution is 5.23. The standard InChI is InChI=1S/C15H26N2O/c1-5-14(17-6-2)8-7-13-9-15(11-16-10-13)18-12(3)4/h9-12,14,17H,5-8H2,1-4H3. The van der Waals surface area contributed by atoms with Crippen LogP contribution in [0, 0.1) is 0 Å². The van der Waals surface area contributed by atoms with Crippen molar-refractivity contribution in [2.24, 2.45) is 0 Å². The van der Waals surface area contributed by atoms with Crippen LogP contribution in [0.15, 0.2) is 18.5 Å². The summed E-state index contributed by atoms with van der Waals surface area (Å²) in [6.45, 7) is 9.48. The van der Waals surface area contributed by atoms with Crippen LogP contribution in [0.2, 0.25) is 0 Å². The van der Waals surface area contributed by atoms with Gasteiger partial charge in [0.1, 0.15) is 5.75 Å². The maximum absolute atomic E-state index is 5.66. The van der Waals surface area contributed by atoms with E-state index in [1.54, 1.807) is 6.20 Å². The Balaban J connectivity index is 2.51. The van der Waals surface area contributed by atoms with Crippen LogP contribution in [0.25, 0.3) is 0 Å². The molecule has 0 aliphatic rings. The fourth-order valence-corrected chi connectivity index (χ4v) is 2.02. The molecule has 1 N–H and O–H groups in total. The predicted molar refractivity (Wildman–Crippen MR) is 76.1 cm³/mol. The zero-order valence-corrected chi connectivity index (χ0v) is 12.1. The van der Waals surface area contributed by atoms with Crippen LogP contribution >= 0.6 is 0 Å². The molecular weight excluding hydrogens is 224 g/mol. The Bertz CT molecular complexity index is 339. The highest BCUT2D eigenvalue weighted by Gasteiger charge is 2.06. The highest BCUT2D eigenvalue weighted by atomic mass is 16.5. The second-order valence-corrected chi connectivity index (χ2v) is 4.90. The van der Waals surface area contributed by atoms with Gasteiger partial charge in [-0.25, -0.2) is 0 Å². The van der Waals surface area contributed by atoms with Gasteiger partial charge in [0.15, 0.2) is 0 Å². The van der Waals surface area contributed by atoms with Gasteiger partial charge in [-0.3, -0.25) is 4.98 Å². The van der Waals surface area contributed by atoms with Gasteiger partial charge in [-0.2, -0.15) is 0 Å². The summed E-state index contributed by atoms with van der Waals surface area (Å²) in [4.78, 5) is 4.24. The number of aryl methyl sites for hydroxylation is 1. The lowest BCUT2D eigenvalue weighted by Gasteiger charge is -2.16. The summed E-state index contributed by atoms with van der Waals surface area (Å²) >= 11 is 0. The molecular formula is C15H26N2O. The van der Waals surface area contributed by atoms with Gasteiger partial charge in [0.2, 0.25) is 0 Å². The molecule has 1 rings (SSSR count). The van der Waals surface area contributed by atoms with E-state index < -0.39 is 0 Å². The minimum absolute atomic E-state index is 0.201. The number of hydrogen-bond donors (Lipinski definition) is 1. The van der Waals surface area contributed by atoms with Crippen molar-refractivity contribution < 1.29 is 4.74 Å². The van der Waals surface area contributed by atoms with E-state index in [9.17, 15) is 0 Å². The average molecular weight is 250 g/mol. The van der Waals surface area contributed by atoms with E-state index in [0.717, 1.165) is 25.1 Å². The molecule has 0 saturated heterocycles. The Labute approximate surface area is 111 Å². The van der Waals surface area contributed by atoms with Crippen molar-refractivity contribution in [3.63, 3.8) is 0 Å². The summed E-state index contributed by atoms with van der Waals surface area (Å²) in [5.41, 5.74) is 1.25. The van der Waals surface area contributed by atoms with Crippen LogP contribution in [0.5, 0.6) is 5.75 Å². The van der Waals surface area contributed by atoms with E-state index in [4.69, 9.17) is 4.74 Å². The van der Waals surface area contributed by atoms with Crippen molar-refractivity contribution in [3.05, 3.63) is 24.0 Å². The van der Waals surface area contributed by atoms with Crippen LogP contribution < -0.4 is 10.1 Å². The quantitative estimate of drug-likeness (QED) is 0.769. The first kappa shape index (κ1) is 15.0. The first-order chi connectivity index (χ1) is 8.65. The molecule has 102 valence electrons. The van der Waals surface area contributed by atoms with E-state index in [2.05, 4.69) is 30.2 Å². The molecule has 0 aliphatic heterocycles. The minimum atomic E-state index is 0.201. The van der Waals surface area contributed by atoms with Crippen molar-refractivity contribution in [1.82, 2.24) is 10.3 Å². The van der Waals surface area contributed by atoms with Crippen LogP contribution in [0.3, 0.4) is 0 Å². The van der Waals surface area contributed by atoms with E-state index in [-0.39, 0.29) is 6.10 Å². The molecule has 1 atom stereocenters. The third kappa shape index (κ3) is 5.50. The molecule has 0 bridgehead atoms. The summed E-state index contributed by atoms with van der Waals surface area (Å²) in [5, 5.41) is 3.50. The molecule has 1 unspecified atom stereocenters. The topological polar surface area (TPSA) is 34.2 Å². The number of hydrogen-bond acceptors (Lipinski definition) is 3. The third-order valence-electron chi connectivity index (χ3n) is 2.91. The second-order valence-electron chi connectivity index (χ2n) is 4.90. The lowest BCUT2D eigenvalue weighted by molar-refractivity contribution is 0.241. The summed E-state index contributed by atoms with van der Waals surface area (Å²) in [6, 6.07) is 2.70. The zero-order valence-electron chi connectivity index (χ0n) is 12.1. The van der Waals surface area contributed by atoms with Crippen molar-refractivity contribution in [1.29, 1.82) is 0 Å². The highest BCUT2D eigenvalue weighted by Crippen LogP contribution is 2.15. The van der Waals surface area contributed by atoms with Gasteiger partial charge in [0.05, 0.1) is 12.3 Å². The molecule has 0 spiro atoms. The molecule has 18 heavy (non-hydrogen) atoms. The molecule has 0 aliphatic carbocycles. The van der Waals surface area contributed by atoms with E-state index in [1.807, 2.05) is 20.0 Å². The van der Waals surface area contributed by atoms with Crippen LogP contribution in [-0.2, 0) is 6.42 Å². The molecule has 3 heteroatoms. The lowest BCUT2D eigenvalue weighted by Crippen LogP contribution is -2.28. The van der Waals surface area contributed by atoms with Gasteiger partial charge in [-0.15, -0.1) is 0 Å². The van der Waals surface area contributed by atoms with Crippen molar-refractivity contribution in [2.75, 3.05) is 6.54 Å². The molecule has 0 saturated carbocycles. The summed E-state index contributed by atoms with van der Waals surface area (Å²) < 4.78 is 5.66. The van der Waals surface area contributed by atoms with Crippen LogP contribution in [-0.4, -0.2) is 23.7 Å². The normalized spacial score (nSPS) is 12.7. The van der Waals surface area contributed by atoms with Crippen molar-refractivity contribution in [3.8, 4) is 5.75 Å². The molecule has 0 amide bonds. The Hall–Kier alpha value is -1.09. The van der Waals surface area contributed by atoms with E-state index in [1.165, 1.54) is 12.0 Å². The van der Waals surface area contributed by atoms with Crippen LogP contribution in [0.1, 0.15) is 46.1 Å². The van der Waals surface area contributed by atoms with Crippen LogP contribution in [0.4, 0.5) is 0 Å². The van der Waals surface area contributed by atoms with Gasteiger partial charge < -0.3 is 10.1 Å². The monoisotopic (exact) mass is 250 g/mol. The summed E-state index contributed by atoms with van der Waals surface area (Å²) in [6.07, 6.45) is 7.29. The molecule has 0 fully saturated rings. The number of rotatable bonds is 8. The maximum atomic E-state index is 5.66. The van der Waals surface area contributed by atoms with E-state index >= 15 is 0 Å². The van der Waals surface area contributed by atoms with E-state index in [0.29, 0.717) is 6.04 Å². The van der Waals surface area contributed by atoms with Gasteiger partial charge in [-0.1, -0.05) is 13.8 Å². The number of nitrogens with zero attached hydrogens (tertiary/aromatic N) is 1. The largest absolute Gasteiger partial charge is 0.489 e. The molecule has 1 aromatic rings. The molecule has 1 aromatic heterocycles. The number of ether oxygens (including phenoxy) is 1. The van der Waals surface area contributed by atoms with Crippen molar-refractivity contribution >= 4 is 0 Å². The fraction of sp³-hybridized carbons (Fsp3) is 0.667. The SMILES string of the molecule is CCNC(CC)CCc1cncc(OC(C)C)c1. The maximum Gasteiger partial charge on any atom is 0.138 e. The predicted octanol–water partition coefficient (Wildman–Crippen LogP) is 3.19. The number of pyridine rings is 1. The Morgan fingerprint density at radius 2 is 2.06 bits per heavy atom. The Morgan fingerprint density at radius 1 is 1.28 bits per heavy atom. The Morgan fingerprint density at radius 3 is 2.67 bits per heavy atom. The molecule has 0 aromatic carbocycles. The fourth-order valence-electron chi connectivity index (χ4n) is 2.02. The first-order valence-corrected chi connectivity index (χ1v) is 6.99. The summed E-state index contributed by atoms with van der Waals surface area (Å²) in [5.74, 6) is 0.874. The molecule has 3 nitrogen and oxygen atoms in total. The minimum Gasteiger partial charge on any atom is -0.489 e. The van der Waals surface area contributed by atoms with Gasteiger partial charge in [-0.05, 0) is 51.3 Å². The number of nitrogens with one attached hydrogen (secondary N) is 1. The zero-order chi connectivity index (χ0) is 13.4. The smallest absolute Gasteiger partial charge is 0.138 e. The van der Waals surface area contributed by atoms with Gasteiger partial charge in [0.25, 0.3) is 0 Å². The number of aromatic nitrogens is 1. The molecule has 1 heterocycles. The first-order valence-electron chi connectivity index (χ1n) is 6.99. The second kappa shape index (κ2) is 8.09.